The zero-order valence-electron chi connectivity index (χ0n) is 17.5. The number of thiocarbonyl (C=S) groups is 1. The van der Waals surface area contributed by atoms with Gasteiger partial charge in [-0.2, -0.15) is 0 Å². The molecule has 0 aromatic heterocycles. The van der Waals surface area contributed by atoms with Gasteiger partial charge in [0.2, 0.25) is 0 Å². The molecule has 1 aliphatic heterocycles. The third-order valence-electron chi connectivity index (χ3n) is 4.96. The van der Waals surface area contributed by atoms with Gasteiger partial charge in [-0.05, 0) is 42.7 Å². The predicted molar refractivity (Wildman–Crippen MR) is 128 cm³/mol. The van der Waals surface area contributed by atoms with Crippen molar-refractivity contribution in [1.29, 1.82) is 0 Å². The Morgan fingerprint density at radius 3 is 2.48 bits per heavy atom. The molecule has 0 unspecified atom stereocenters. The van der Waals surface area contributed by atoms with Crippen LogP contribution in [0, 0.1) is 6.92 Å². The fourth-order valence-corrected chi connectivity index (χ4v) is 4.53. The molecule has 5 nitrogen and oxygen atoms in total. The molecular weight excluding hydrogens is 430 g/mol. The van der Waals surface area contributed by atoms with Gasteiger partial charge >= 0.3 is 5.97 Å². The normalized spacial score (nSPS) is 16.1. The average molecular weight is 456 g/mol. The van der Waals surface area contributed by atoms with Crippen molar-refractivity contribution in [2.24, 2.45) is 0 Å². The van der Waals surface area contributed by atoms with Crippen LogP contribution in [0.1, 0.15) is 42.9 Å². The number of unbranched alkanes of at least 4 members (excludes halogenated alkanes) is 1. The van der Waals surface area contributed by atoms with Crippen LogP contribution in [0.3, 0.4) is 0 Å². The largest absolute Gasteiger partial charge is 0.489 e. The van der Waals surface area contributed by atoms with E-state index in [2.05, 4.69) is 12.1 Å². The summed E-state index contributed by atoms with van der Waals surface area (Å²) in [5.41, 5.74) is 3.12. The molecule has 162 valence electrons. The molecule has 3 rings (SSSR count). The van der Waals surface area contributed by atoms with Gasteiger partial charge in [0.25, 0.3) is 5.91 Å². The molecule has 2 aromatic carbocycles. The Balaban J connectivity index is 1.67. The number of aryl methyl sites for hydroxylation is 1. The second kappa shape index (κ2) is 10.6. The van der Waals surface area contributed by atoms with Crippen LogP contribution in [-0.4, -0.2) is 32.2 Å². The van der Waals surface area contributed by atoms with E-state index >= 15 is 0 Å². The molecule has 0 spiro atoms. The van der Waals surface area contributed by atoms with Crippen LogP contribution in [-0.2, 0) is 16.2 Å². The van der Waals surface area contributed by atoms with E-state index < -0.39 is 12.0 Å². The molecule has 1 N–H and O–H groups in total. The Hall–Kier alpha value is -2.64. The number of benzene rings is 2. The van der Waals surface area contributed by atoms with Crippen molar-refractivity contribution in [3.8, 4) is 5.75 Å². The second-order valence-corrected chi connectivity index (χ2v) is 9.07. The Bertz CT molecular complexity index is 984. The first-order chi connectivity index (χ1) is 14.9. The highest BCUT2D eigenvalue weighted by molar-refractivity contribution is 8.26. The van der Waals surface area contributed by atoms with Crippen molar-refractivity contribution in [2.75, 3.05) is 0 Å². The summed E-state index contributed by atoms with van der Waals surface area (Å²) in [6, 6.07) is 14.7. The molecule has 1 atom stereocenters. The van der Waals surface area contributed by atoms with Gasteiger partial charge in [-0.25, -0.2) is 4.79 Å². The SMILES string of the molecule is CCCC[C@@H](C(=O)O)N1C(=O)/C(=C/c2ccc(OCc3ccc(C)cc3)cc2)SC1=S. The molecule has 0 saturated carbocycles. The minimum absolute atomic E-state index is 0.290. The van der Waals surface area contributed by atoms with Crippen LogP contribution in [0.2, 0.25) is 0 Å². The molecule has 0 bridgehead atoms. The lowest BCUT2D eigenvalue weighted by atomic mass is 10.1. The van der Waals surface area contributed by atoms with E-state index in [0.29, 0.717) is 17.9 Å². The summed E-state index contributed by atoms with van der Waals surface area (Å²) in [6.07, 6.45) is 3.70. The van der Waals surface area contributed by atoms with Crippen LogP contribution < -0.4 is 4.74 Å². The highest BCUT2D eigenvalue weighted by Crippen LogP contribution is 2.35. The molecule has 1 amide bonds. The fourth-order valence-electron chi connectivity index (χ4n) is 3.17. The van der Waals surface area contributed by atoms with E-state index in [1.807, 2.05) is 50.2 Å². The second-order valence-electron chi connectivity index (χ2n) is 7.39. The lowest BCUT2D eigenvalue weighted by Crippen LogP contribution is -2.43. The molecular formula is C24H25NO4S2. The van der Waals surface area contributed by atoms with Crippen LogP contribution in [0.4, 0.5) is 0 Å². The number of hydrogen-bond acceptors (Lipinski definition) is 5. The maximum absolute atomic E-state index is 12.8. The number of amides is 1. The lowest BCUT2D eigenvalue weighted by Gasteiger charge is -2.22. The van der Waals surface area contributed by atoms with E-state index in [0.717, 1.165) is 41.5 Å². The molecule has 0 aliphatic carbocycles. The smallest absolute Gasteiger partial charge is 0.326 e. The summed E-state index contributed by atoms with van der Waals surface area (Å²) >= 11 is 6.45. The Morgan fingerprint density at radius 1 is 1.19 bits per heavy atom. The zero-order chi connectivity index (χ0) is 22.4. The average Bonchev–Trinajstić information content (AvgIpc) is 3.02. The third-order valence-corrected chi connectivity index (χ3v) is 6.29. The maximum Gasteiger partial charge on any atom is 0.326 e. The molecule has 31 heavy (non-hydrogen) atoms. The number of thioether (sulfide) groups is 1. The van der Waals surface area contributed by atoms with Gasteiger partial charge in [0.15, 0.2) is 0 Å². The van der Waals surface area contributed by atoms with Gasteiger partial charge < -0.3 is 9.84 Å². The van der Waals surface area contributed by atoms with E-state index in [1.165, 1.54) is 10.5 Å². The number of rotatable bonds is 9. The van der Waals surface area contributed by atoms with Crippen LogP contribution in [0.5, 0.6) is 5.75 Å². The summed E-state index contributed by atoms with van der Waals surface area (Å²) in [6.45, 7) is 4.51. The maximum atomic E-state index is 12.8. The van der Waals surface area contributed by atoms with Crippen LogP contribution in [0.15, 0.2) is 53.4 Å². The van der Waals surface area contributed by atoms with E-state index in [-0.39, 0.29) is 10.2 Å². The Labute approximate surface area is 192 Å². The first-order valence-corrected chi connectivity index (χ1v) is 11.4. The monoisotopic (exact) mass is 455 g/mol. The van der Waals surface area contributed by atoms with Gasteiger partial charge in [-0.15, -0.1) is 0 Å². The summed E-state index contributed by atoms with van der Waals surface area (Å²) in [5, 5.41) is 9.55. The Kier molecular flexibility index (Phi) is 7.87. The fraction of sp³-hybridized carbons (Fsp3) is 0.292. The minimum atomic E-state index is -1.03. The summed E-state index contributed by atoms with van der Waals surface area (Å²) in [7, 11) is 0. The van der Waals surface area contributed by atoms with Crippen LogP contribution in [0.25, 0.3) is 6.08 Å². The number of carbonyl (C=O) groups is 2. The van der Waals surface area contributed by atoms with Gasteiger partial charge in [-0.1, -0.05) is 85.7 Å². The number of carboxylic acids is 1. The number of nitrogens with zero attached hydrogens (tertiary/aromatic N) is 1. The first-order valence-electron chi connectivity index (χ1n) is 10.2. The summed E-state index contributed by atoms with van der Waals surface area (Å²) in [5.74, 6) is -0.643. The number of carboxylic acid groups (broad SMARTS) is 1. The van der Waals surface area contributed by atoms with Crippen molar-refractivity contribution in [3.63, 3.8) is 0 Å². The summed E-state index contributed by atoms with van der Waals surface area (Å²) < 4.78 is 6.11. The van der Waals surface area contributed by atoms with E-state index in [4.69, 9.17) is 17.0 Å². The van der Waals surface area contributed by atoms with E-state index in [1.54, 1.807) is 6.08 Å². The van der Waals surface area contributed by atoms with Gasteiger partial charge in [0.1, 0.15) is 22.7 Å². The van der Waals surface area contributed by atoms with Crippen LogP contribution >= 0.6 is 24.0 Å². The number of ether oxygens (including phenoxy) is 1. The van der Waals surface area contributed by atoms with Crippen molar-refractivity contribution < 1.29 is 19.4 Å². The van der Waals surface area contributed by atoms with Gasteiger partial charge in [0, 0.05) is 0 Å². The highest BCUT2D eigenvalue weighted by Gasteiger charge is 2.40. The molecule has 7 heteroatoms. The third kappa shape index (κ3) is 5.95. The van der Waals surface area contributed by atoms with Crippen molar-refractivity contribution in [3.05, 3.63) is 70.1 Å². The number of carbonyl (C=O) groups excluding carboxylic acids is 1. The molecule has 1 heterocycles. The van der Waals surface area contributed by atoms with Gasteiger partial charge in [-0.3, -0.25) is 9.69 Å². The molecule has 0 radical (unpaired) electrons. The van der Waals surface area contributed by atoms with Crippen molar-refractivity contribution in [2.45, 2.75) is 45.8 Å². The first kappa shape index (κ1) is 23.0. The molecule has 1 fully saturated rings. The molecule has 1 aliphatic rings. The minimum Gasteiger partial charge on any atom is -0.489 e. The predicted octanol–water partition coefficient (Wildman–Crippen LogP) is 5.42. The number of hydrogen-bond donors (Lipinski definition) is 1. The zero-order valence-corrected chi connectivity index (χ0v) is 19.2. The van der Waals surface area contributed by atoms with Crippen molar-refractivity contribution >= 4 is 46.3 Å². The lowest BCUT2D eigenvalue weighted by molar-refractivity contribution is -0.145. The topological polar surface area (TPSA) is 66.8 Å². The summed E-state index contributed by atoms with van der Waals surface area (Å²) in [4.78, 5) is 26.2. The van der Waals surface area contributed by atoms with Crippen molar-refractivity contribution in [1.82, 2.24) is 4.90 Å². The Morgan fingerprint density at radius 2 is 1.87 bits per heavy atom. The number of aliphatic carboxylic acids is 1. The molecule has 1 saturated heterocycles. The van der Waals surface area contributed by atoms with E-state index in [9.17, 15) is 14.7 Å². The highest BCUT2D eigenvalue weighted by atomic mass is 32.2. The molecule has 2 aromatic rings. The standard InChI is InChI=1S/C24H25NO4S2/c1-3-4-5-20(23(27)28)25-22(26)21(31-24(25)30)14-17-10-12-19(13-11-17)29-15-18-8-6-16(2)7-9-18/h6-14,20H,3-5,15H2,1-2H3,(H,27,28)/b21-14-/t20-/m0/s1. The van der Waals surface area contributed by atoms with Gasteiger partial charge in [0.05, 0.1) is 4.91 Å². The quantitative estimate of drug-likeness (QED) is 0.402.